The van der Waals surface area contributed by atoms with Crippen molar-refractivity contribution in [1.29, 1.82) is 0 Å². The van der Waals surface area contributed by atoms with Crippen molar-refractivity contribution in [1.82, 2.24) is 0 Å². The summed E-state index contributed by atoms with van der Waals surface area (Å²) in [4.78, 5) is 13.9. The van der Waals surface area contributed by atoms with E-state index in [1.165, 1.54) is 12.1 Å². The number of halogens is 1. The van der Waals surface area contributed by atoms with Crippen LogP contribution >= 0.6 is 15.9 Å². The van der Waals surface area contributed by atoms with E-state index in [1.54, 1.807) is 29.2 Å². The van der Waals surface area contributed by atoms with Crippen molar-refractivity contribution in [2.45, 2.75) is 24.7 Å². The van der Waals surface area contributed by atoms with Crippen LogP contribution in [-0.4, -0.2) is 20.9 Å². The summed E-state index contributed by atoms with van der Waals surface area (Å²) in [6.07, 6.45) is 1.36. The summed E-state index contributed by atoms with van der Waals surface area (Å²) in [6, 6.07) is 11.7. The third-order valence-corrected chi connectivity index (χ3v) is 5.88. The molecule has 24 heavy (non-hydrogen) atoms. The molecule has 7 heteroatoms. The molecule has 1 fully saturated rings. The molecule has 0 unspecified atom stereocenters. The molecule has 0 atom stereocenters. The highest BCUT2D eigenvalue weighted by molar-refractivity contribution is 9.10. The first-order valence-electron chi connectivity index (χ1n) is 7.56. The van der Waals surface area contributed by atoms with Crippen molar-refractivity contribution < 1.29 is 13.2 Å². The molecule has 0 aromatic heterocycles. The minimum absolute atomic E-state index is 0.0750. The van der Waals surface area contributed by atoms with Gasteiger partial charge in [-0.05, 0) is 55.3 Å². The number of nitrogens with one attached hydrogen (secondary N) is 1. The highest BCUT2D eigenvalue weighted by atomic mass is 79.9. The van der Waals surface area contributed by atoms with Gasteiger partial charge in [0.1, 0.15) is 0 Å². The summed E-state index contributed by atoms with van der Waals surface area (Å²) in [5.74, 6) is 0.0750. The maximum Gasteiger partial charge on any atom is 0.261 e. The Labute approximate surface area is 149 Å². The molecule has 1 N–H and O–H groups in total. The second kappa shape index (κ2) is 6.57. The molecule has 3 rings (SSSR count). The third-order valence-electron chi connectivity index (χ3n) is 3.95. The van der Waals surface area contributed by atoms with Crippen molar-refractivity contribution in [3.05, 3.63) is 52.5 Å². The molecular formula is C17H17BrN2O3S. The average molecular weight is 409 g/mol. The SMILES string of the molecule is Cc1ccc(NS(=O)(=O)c2ccc(Br)cc2)cc1N1CCCC1=O. The van der Waals surface area contributed by atoms with Crippen LogP contribution in [0.15, 0.2) is 51.8 Å². The second-order valence-electron chi connectivity index (χ2n) is 5.71. The molecule has 1 aliphatic heterocycles. The van der Waals surface area contributed by atoms with Crippen LogP contribution in [0.5, 0.6) is 0 Å². The van der Waals surface area contributed by atoms with Gasteiger partial charge in [-0.25, -0.2) is 8.42 Å². The van der Waals surface area contributed by atoms with Crippen molar-refractivity contribution in [3.8, 4) is 0 Å². The number of anilines is 2. The number of carbonyl (C=O) groups is 1. The van der Waals surface area contributed by atoms with Gasteiger partial charge in [-0.1, -0.05) is 22.0 Å². The molecule has 0 spiro atoms. The van der Waals surface area contributed by atoms with Crippen LogP contribution in [0.3, 0.4) is 0 Å². The zero-order valence-corrected chi connectivity index (χ0v) is 15.5. The number of hydrogen-bond acceptors (Lipinski definition) is 3. The minimum atomic E-state index is -3.67. The first kappa shape index (κ1) is 17.0. The Morgan fingerprint density at radius 1 is 1.12 bits per heavy atom. The lowest BCUT2D eigenvalue weighted by molar-refractivity contribution is -0.117. The maximum atomic E-state index is 12.5. The zero-order chi connectivity index (χ0) is 17.3. The molecule has 0 aliphatic carbocycles. The van der Waals surface area contributed by atoms with Crippen LogP contribution in [0, 0.1) is 6.92 Å². The number of amides is 1. The number of nitrogens with zero attached hydrogens (tertiary/aromatic N) is 1. The summed E-state index contributed by atoms with van der Waals surface area (Å²) in [6.45, 7) is 2.58. The predicted octanol–water partition coefficient (Wildman–Crippen LogP) is 3.69. The monoisotopic (exact) mass is 408 g/mol. The van der Waals surface area contributed by atoms with Gasteiger partial charge in [0.2, 0.25) is 5.91 Å². The number of hydrogen-bond donors (Lipinski definition) is 1. The van der Waals surface area contributed by atoms with Gasteiger partial charge >= 0.3 is 0 Å². The summed E-state index contributed by atoms with van der Waals surface area (Å²) < 4.78 is 28.4. The molecule has 0 bridgehead atoms. The topological polar surface area (TPSA) is 66.5 Å². The first-order valence-corrected chi connectivity index (χ1v) is 9.84. The standard InChI is InChI=1S/C17H17BrN2O3S/c1-12-4-7-14(11-16(12)20-10-2-3-17(20)21)19-24(22,23)15-8-5-13(18)6-9-15/h4-9,11,19H,2-3,10H2,1H3. The van der Waals surface area contributed by atoms with Gasteiger partial charge < -0.3 is 4.90 Å². The van der Waals surface area contributed by atoms with E-state index in [-0.39, 0.29) is 10.8 Å². The Kier molecular flexibility index (Phi) is 4.64. The summed E-state index contributed by atoms with van der Waals surface area (Å²) in [5, 5.41) is 0. The van der Waals surface area contributed by atoms with E-state index in [4.69, 9.17) is 0 Å². The highest BCUT2D eigenvalue weighted by Crippen LogP contribution is 2.29. The molecule has 0 radical (unpaired) electrons. The number of sulfonamides is 1. The van der Waals surface area contributed by atoms with Crippen molar-refractivity contribution in [2.75, 3.05) is 16.2 Å². The van der Waals surface area contributed by atoms with Crippen LogP contribution in [0.2, 0.25) is 0 Å². The Balaban J connectivity index is 1.90. The van der Waals surface area contributed by atoms with E-state index < -0.39 is 10.0 Å². The van der Waals surface area contributed by atoms with E-state index in [0.29, 0.717) is 18.7 Å². The van der Waals surface area contributed by atoms with Gasteiger partial charge in [0.15, 0.2) is 0 Å². The molecule has 5 nitrogen and oxygen atoms in total. The zero-order valence-electron chi connectivity index (χ0n) is 13.1. The van der Waals surface area contributed by atoms with Gasteiger partial charge in [0, 0.05) is 23.1 Å². The Bertz CT molecular complexity index is 879. The van der Waals surface area contributed by atoms with Gasteiger partial charge in [-0.2, -0.15) is 0 Å². The van der Waals surface area contributed by atoms with Gasteiger partial charge in [-0.3, -0.25) is 9.52 Å². The summed E-state index contributed by atoms with van der Waals surface area (Å²) in [7, 11) is -3.67. The molecule has 1 saturated heterocycles. The Hall–Kier alpha value is -1.86. The van der Waals surface area contributed by atoms with Crippen LogP contribution < -0.4 is 9.62 Å². The van der Waals surface area contributed by atoms with E-state index in [0.717, 1.165) is 22.1 Å². The number of carbonyl (C=O) groups excluding carboxylic acids is 1. The van der Waals surface area contributed by atoms with Crippen LogP contribution in [0.25, 0.3) is 0 Å². The molecule has 2 aromatic rings. The van der Waals surface area contributed by atoms with E-state index in [9.17, 15) is 13.2 Å². The second-order valence-corrected chi connectivity index (χ2v) is 8.31. The Morgan fingerprint density at radius 2 is 1.83 bits per heavy atom. The molecule has 1 aliphatic rings. The molecule has 0 saturated carbocycles. The summed E-state index contributed by atoms with van der Waals surface area (Å²) in [5.41, 5.74) is 2.14. The fraction of sp³-hybridized carbons (Fsp3) is 0.235. The predicted molar refractivity (Wildman–Crippen MR) is 97.7 cm³/mol. The number of benzene rings is 2. The van der Waals surface area contributed by atoms with Crippen molar-refractivity contribution in [3.63, 3.8) is 0 Å². The average Bonchev–Trinajstić information content (AvgIpc) is 2.95. The molecule has 1 heterocycles. The molecule has 126 valence electrons. The first-order chi connectivity index (χ1) is 11.4. The molecule has 2 aromatic carbocycles. The summed E-state index contributed by atoms with van der Waals surface area (Å²) >= 11 is 3.29. The highest BCUT2D eigenvalue weighted by Gasteiger charge is 2.24. The molecular weight excluding hydrogens is 392 g/mol. The largest absolute Gasteiger partial charge is 0.312 e. The van der Waals surface area contributed by atoms with Gasteiger partial charge in [-0.15, -0.1) is 0 Å². The van der Waals surface area contributed by atoms with E-state index in [2.05, 4.69) is 20.7 Å². The minimum Gasteiger partial charge on any atom is -0.312 e. The maximum absolute atomic E-state index is 12.5. The van der Waals surface area contributed by atoms with Crippen molar-refractivity contribution in [2.24, 2.45) is 0 Å². The normalized spacial score (nSPS) is 14.9. The van der Waals surface area contributed by atoms with Crippen LogP contribution in [-0.2, 0) is 14.8 Å². The van der Waals surface area contributed by atoms with E-state index in [1.807, 2.05) is 13.0 Å². The van der Waals surface area contributed by atoms with Crippen LogP contribution in [0.4, 0.5) is 11.4 Å². The lowest BCUT2D eigenvalue weighted by atomic mass is 10.1. The smallest absolute Gasteiger partial charge is 0.261 e. The number of rotatable bonds is 4. The molecule has 1 amide bonds. The van der Waals surface area contributed by atoms with Gasteiger partial charge in [0.25, 0.3) is 10.0 Å². The van der Waals surface area contributed by atoms with Crippen LogP contribution in [0.1, 0.15) is 18.4 Å². The fourth-order valence-electron chi connectivity index (χ4n) is 2.69. The number of aryl methyl sites for hydroxylation is 1. The van der Waals surface area contributed by atoms with E-state index >= 15 is 0 Å². The lowest BCUT2D eigenvalue weighted by Gasteiger charge is -2.19. The Morgan fingerprint density at radius 3 is 2.46 bits per heavy atom. The van der Waals surface area contributed by atoms with Gasteiger partial charge in [0.05, 0.1) is 10.6 Å². The van der Waals surface area contributed by atoms with Crippen molar-refractivity contribution >= 4 is 43.2 Å². The fourth-order valence-corrected chi connectivity index (χ4v) is 4.01. The third kappa shape index (κ3) is 3.47. The lowest BCUT2D eigenvalue weighted by Crippen LogP contribution is -2.24. The quantitative estimate of drug-likeness (QED) is 0.838.